The number of nitrogens with one attached hydrogen (secondary N) is 6. The van der Waals surface area contributed by atoms with Gasteiger partial charge in [0.05, 0.1) is 25.0 Å². The zero-order chi connectivity index (χ0) is 27.0. The Kier molecular flexibility index (Phi) is 10.6. The summed E-state index contributed by atoms with van der Waals surface area (Å²) in [5, 5.41) is 113. The first-order valence-corrected chi connectivity index (χ1v) is 9.77. The standard InChI is InChI=1S/C17H24N8O11/c26-8-16(27)17(28)13(21-20-12-4-2-10(23(31)32)6-15(12)25(35)36)7-18-19-11-3-1-9(22(29)30)5-14(11)24(33)34/h1-7,16-17,19-20,22-29,31,33,35H,8H2/t16-,17+/m1/s1. The Morgan fingerprint density at radius 1 is 0.806 bits per heavy atom. The number of benzene rings is 2. The maximum atomic E-state index is 11.5. The van der Waals surface area contributed by atoms with E-state index in [-0.39, 0.29) is 22.7 Å². The molecule has 0 aliphatic rings. The topological polar surface area (TPSA) is 300 Å². The van der Waals surface area contributed by atoms with E-state index in [0.717, 1.165) is 42.6 Å². The number of anilines is 2. The summed E-state index contributed by atoms with van der Waals surface area (Å²) < 4.78 is 0. The molecule has 0 aromatic heterocycles. The second-order valence-electron chi connectivity index (χ2n) is 6.95. The monoisotopic (exact) mass is 516 g/mol. The molecule has 36 heavy (non-hydrogen) atoms. The van der Waals surface area contributed by atoms with Gasteiger partial charge in [0.1, 0.15) is 29.3 Å². The Morgan fingerprint density at radius 2 is 1.28 bits per heavy atom. The normalized spacial score (nSPS) is 17.4. The van der Waals surface area contributed by atoms with E-state index in [4.69, 9.17) is 15.5 Å². The Hall–Kier alpha value is -3.22. The molecule has 4 unspecified atom stereocenters. The number of rotatable bonds is 12. The van der Waals surface area contributed by atoms with E-state index >= 15 is 0 Å². The molecule has 0 aliphatic carbocycles. The highest BCUT2D eigenvalue weighted by Gasteiger charge is 2.22. The van der Waals surface area contributed by atoms with Gasteiger partial charge in [0.25, 0.3) is 0 Å². The van der Waals surface area contributed by atoms with Gasteiger partial charge in [0, 0.05) is 12.1 Å². The van der Waals surface area contributed by atoms with Crippen LogP contribution in [0.5, 0.6) is 0 Å². The maximum Gasteiger partial charge on any atom is 0.195 e. The Balaban J connectivity index is 2.36. The molecule has 0 aliphatic heterocycles. The van der Waals surface area contributed by atoms with Crippen LogP contribution in [0.2, 0.25) is 0 Å². The molecule has 0 saturated carbocycles. The molecule has 2 rings (SSSR count). The second-order valence-corrected chi connectivity index (χ2v) is 6.95. The van der Waals surface area contributed by atoms with E-state index in [1.807, 2.05) is 0 Å². The van der Waals surface area contributed by atoms with Crippen LogP contribution in [0.4, 0.5) is 34.1 Å². The van der Waals surface area contributed by atoms with Gasteiger partial charge < -0.3 is 36.1 Å². The van der Waals surface area contributed by atoms with Crippen molar-refractivity contribution in [3.05, 3.63) is 57.2 Å². The van der Waals surface area contributed by atoms with Crippen LogP contribution in [0.15, 0.2) is 46.6 Å². The predicted octanol–water partition coefficient (Wildman–Crippen LogP) is -5.12. The summed E-state index contributed by atoms with van der Waals surface area (Å²) in [5.74, 6) is 0. The first kappa shape index (κ1) is 29.0. The zero-order valence-electron chi connectivity index (χ0n) is 18.1. The lowest BCUT2D eigenvalue weighted by atomic mass is 10.1. The van der Waals surface area contributed by atoms with Crippen LogP contribution < -0.4 is 31.8 Å². The molecule has 6 atom stereocenters. The molecular formula is C17H24N8O11. The van der Waals surface area contributed by atoms with E-state index in [0.29, 0.717) is 0 Å². The summed E-state index contributed by atoms with van der Waals surface area (Å²) in [5.41, 5.74) is 2.33. The first-order chi connectivity index (χ1) is 17.0. The van der Waals surface area contributed by atoms with Crippen molar-refractivity contribution >= 4 is 46.1 Å². The summed E-state index contributed by atoms with van der Waals surface area (Å²) in [6.45, 7) is -0.894. The van der Waals surface area contributed by atoms with Gasteiger partial charge >= 0.3 is 0 Å². The third kappa shape index (κ3) is 7.64. The lowest BCUT2D eigenvalue weighted by molar-refractivity contribution is -0.996. The second kappa shape index (κ2) is 13.2. The average molecular weight is 516 g/mol. The minimum atomic E-state index is -1.85. The van der Waals surface area contributed by atoms with Crippen LogP contribution in [-0.2, 0) is 0 Å². The van der Waals surface area contributed by atoms with Crippen LogP contribution in [0.3, 0.4) is 0 Å². The van der Waals surface area contributed by atoms with Crippen molar-refractivity contribution < 1.29 is 57.1 Å². The number of hydrogen-bond donors (Lipinski definition) is 13. The lowest BCUT2D eigenvalue weighted by Crippen LogP contribution is -3.00. The van der Waals surface area contributed by atoms with Crippen molar-refractivity contribution in [3.8, 4) is 0 Å². The van der Waals surface area contributed by atoms with E-state index in [9.17, 15) is 41.5 Å². The first-order valence-electron chi connectivity index (χ1n) is 9.77. The number of hydrogen-bond acceptors (Lipinski definition) is 15. The van der Waals surface area contributed by atoms with Crippen molar-refractivity contribution in [1.82, 2.24) is 0 Å². The van der Waals surface area contributed by atoms with Gasteiger partial charge in [-0.15, -0.1) is 0 Å². The van der Waals surface area contributed by atoms with Crippen molar-refractivity contribution in [1.29, 1.82) is 0 Å². The average Bonchev–Trinajstić information content (AvgIpc) is 2.84. The molecule has 0 spiro atoms. The van der Waals surface area contributed by atoms with Crippen molar-refractivity contribution in [3.63, 3.8) is 0 Å². The fraction of sp³-hybridized carbons (Fsp3) is 0.176. The van der Waals surface area contributed by atoms with E-state index < -0.39 is 56.8 Å². The number of aliphatic hydroxyl groups is 3. The molecule has 2 aromatic carbocycles. The van der Waals surface area contributed by atoms with Gasteiger partial charge in [-0.05, 0) is 12.1 Å². The molecule has 0 amide bonds. The minimum absolute atomic E-state index is 0.134. The number of nitrogens with zero attached hydrogens (tertiary/aromatic N) is 2. The molecule has 19 nitrogen and oxygen atoms in total. The van der Waals surface area contributed by atoms with Crippen LogP contribution >= 0.6 is 0 Å². The largest absolute Gasteiger partial charge is 0.595 e. The Bertz CT molecular complexity index is 1070. The Morgan fingerprint density at radius 3 is 1.69 bits per heavy atom. The highest BCUT2D eigenvalue weighted by atomic mass is 16.8. The van der Waals surface area contributed by atoms with E-state index in [1.54, 1.807) is 0 Å². The highest BCUT2D eigenvalue weighted by molar-refractivity contribution is 6.33. The SMILES string of the molecule is [O-][NH+](O)c1ccc(NN=CC(=NNc2ccc([NH+]([O-])O)cc2[NH+]([O-])O)[C@H](O)[C@H](O)CO)c([NH+]([O-])O)c1. The molecule has 19 heteroatoms. The molecule has 198 valence electrons. The molecule has 13 N–H and O–H groups in total. The molecule has 2 aromatic rings. The highest BCUT2D eigenvalue weighted by Crippen LogP contribution is 2.22. The van der Waals surface area contributed by atoms with Gasteiger partial charge in [-0.25, -0.2) is 20.8 Å². The smallest absolute Gasteiger partial charge is 0.195 e. The number of quaternary nitrogens is 4. The van der Waals surface area contributed by atoms with Crippen molar-refractivity contribution in [2.24, 2.45) is 10.2 Å². The fourth-order valence-corrected chi connectivity index (χ4v) is 2.66. The van der Waals surface area contributed by atoms with Gasteiger partial charge in [-0.1, -0.05) is 0 Å². The fourth-order valence-electron chi connectivity index (χ4n) is 2.66. The van der Waals surface area contributed by atoms with Gasteiger partial charge in [0.2, 0.25) is 0 Å². The molecular weight excluding hydrogens is 492 g/mol. The number of aliphatic hydroxyl groups excluding tert-OH is 3. The zero-order valence-corrected chi connectivity index (χ0v) is 18.1. The van der Waals surface area contributed by atoms with Gasteiger partial charge in [0.15, 0.2) is 22.7 Å². The minimum Gasteiger partial charge on any atom is -0.595 e. The van der Waals surface area contributed by atoms with Crippen LogP contribution in [0.25, 0.3) is 0 Å². The van der Waals surface area contributed by atoms with Crippen molar-refractivity contribution in [2.45, 2.75) is 12.2 Å². The molecule has 0 heterocycles. The summed E-state index contributed by atoms with van der Waals surface area (Å²) in [6.07, 6.45) is -2.78. The third-order valence-electron chi connectivity index (χ3n) is 4.54. The summed E-state index contributed by atoms with van der Waals surface area (Å²) in [6, 6.07) is 6.18. The van der Waals surface area contributed by atoms with E-state index in [2.05, 4.69) is 21.1 Å². The van der Waals surface area contributed by atoms with E-state index in [1.165, 1.54) is 0 Å². The van der Waals surface area contributed by atoms with Crippen LogP contribution in [0, 0.1) is 20.8 Å². The Labute approximate surface area is 201 Å². The molecule has 0 radical (unpaired) electrons. The van der Waals surface area contributed by atoms with Gasteiger partial charge in [-0.2, -0.15) is 31.1 Å². The van der Waals surface area contributed by atoms with Crippen LogP contribution in [0.1, 0.15) is 0 Å². The summed E-state index contributed by atoms with van der Waals surface area (Å²) in [7, 11) is 0. The summed E-state index contributed by atoms with van der Waals surface area (Å²) in [4.78, 5) is 0. The molecule has 0 saturated heterocycles. The third-order valence-corrected chi connectivity index (χ3v) is 4.54. The van der Waals surface area contributed by atoms with Crippen molar-refractivity contribution in [2.75, 3.05) is 17.5 Å². The van der Waals surface area contributed by atoms with Gasteiger partial charge in [-0.3, -0.25) is 10.9 Å². The lowest BCUT2D eigenvalue weighted by Gasteiger charge is -2.19. The maximum absolute atomic E-state index is 11.5. The molecule has 0 fully saturated rings. The summed E-state index contributed by atoms with van der Waals surface area (Å²) >= 11 is 0. The predicted molar refractivity (Wildman–Crippen MR) is 118 cm³/mol. The van der Waals surface area contributed by atoms with Crippen LogP contribution in [-0.4, -0.2) is 66.9 Å². The number of hydrazone groups is 2. The molecule has 0 bridgehead atoms. The quantitative estimate of drug-likeness (QED) is 0.0928.